The number of aromatic nitrogens is 2. The molecule has 0 aromatic carbocycles. The van der Waals surface area contributed by atoms with Gasteiger partial charge in [-0.05, 0) is 18.6 Å². The van der Waals surface area contributed by atoms with Gasteiger partial charge in [0.2, 0.25) is 5.91 Å². The molecular formula is C16H21N3O3. The fraction of sp³-hybridized carbons (Fsp3) is 0.500. The first-order valence-corrected chi connectivity index (χ1v) is 7.45. The number of nitrogens with zero attached hydrogens (tertiary/aromatic N) is 2. The number of carbonyl (C=O) groups is 1. The fourth-order valence-electron chi connectivity index (χ4n) is 3.13. The molecule has 1 aliphatic carbocycles. The molecule has 0 atom stereocenters. The van der Waals surface area contributed by atoms with Crippen LogP contribution in [-0.2, 0) is 20.7 Å². The Morgan fingerprint density at radius 2 is 2.05 bits per heavy atom. The summed E-state index contributed by atoms with van der Waals surface area (Å²) < 4.78 is 10.7. The van der Waals surface area contributed by atoms with Crippen LogP contribution >= 0.6 is 0 Å². The lowest BCUT2D eigenvalue weighted by molar-refractivity contribution is -0.132. The maximum atomic E-state index is 12.9. The van der Waals surface area contributed by atoms with Crippen molar-refractivity contribution in [3.05, 3.63) is 41.9 Å². The number of aromatic amines is 1. The minimum Gasteiger partial charge on any atom is -0.501 e. The number of rotatable bonds is 5. The third kappa shape index (κ3) is 2.61. The monoisotopic (exact) mass is 303 g/mol. The van der Waals surface area contributed by atoms with Crippen molar-refractivity contribution in [2.24, 2.45) is 5.41 Å². The van der Waals surface area contributed by atoms with Gasteiger partial charge in [-0.15, -0.1) is 0 Å². The molecule has 0 radical (unpaired) electrons. The van der Waals surface area contributed by atoms with E-state index in [0.717, 1.165) is 36.6 Å². The van der Waals surface area contributed by atoms with Crippen LogP contribution in [0.2, 0.25) is 0 Å². The molecular weight excluding hydrogens is 282 g/mol. The van der Waals surface area contributed by atoms with Crippen LogP contribution in [0.5, 0.6) is 0 Å². The van der Waals surface area contributed by atoms with Crippen molar-refractivity contribution in [3.8, 4) is 0 Å². The summed E-state index contributed by atoms with van der Waals surface area (Å²) >= 11 is 0. The molecule has 6 nitrogen and oxygen atoms in total. The average Bonchev–Trinajstić information content (AvgIpc) is 3.15. The summed E-state index contributed by atoms with van der Waals surface area (Å²) in [4.78, 5) is 21.8. The Bertz CT molecular complexity index is 584. The van der Waals surface area contributed by atoms with Crippen molar-refractivity contribution in [1.29, 1.82) is 0 Å². The van der Waals surface area contributed by atoms with Crippen LogP contribution < -0.4 is 0 Å². The van der Waals surface area contributed by atoms with Gasteiger partial charge in [0, 0.05) is 31.4 Å². The second kappa shape index (κ2) is 5.87. The van der Waals surface area contributed by atoms with E-state index >= 15 is 0 Å². The van der Waals surface area contributed by atoms with Gasteiger partial charge in [0.25, 0.3) is 0 Å². The average molecular weight is 303 g/mol. The molecule has 118 valence electrons. The Balaban J connectivity index is 1.75. The maximum absolute atomic E-state index is 12.9. The van der Waals surface area contributed by atoms with Crippen LogP contribution in [0.15, 0.2) is 36.2 Å². The van der Waals surface area contributed by atoms with Gasteiger partial charge in [-0.2, -0.15) is 0 Å². The lowest BCUT2D eigenvalue weighted by Gasteiger charge is -2.27. The van der Waals surface area contributed by atoms with Crippen molar-refractivity contribution in [2.75, 3.05) is 27.3 Å². The smallest absolute Gasteiger partial charge is 0.236 e. The molecule has 2 heterocycles. The predicted molar refractivity (Wildman–Crippen MR) is 80.7 cm³/mol. The van der Waals surface area contributed by atoms with Gasteiger partial charge in [0.05, 0.1) is 32.4 Å². The molecule has 1 aromatic heterocycles. The Hall–Kier alpha value is -2.24. The van der Waals surface area contributed by atoms with Crippen molar-refractivity contribution >= 4 is 5.91 Å². The molecule has 1 N–H and O–H groups in total. The molecule has 0 bridgehead atoms. The van der Waals surface area contributed by atoms with Gasteiger partial charge < -0.3 is 19.4 Å². The highest BCUT2D eigenvalue weighted by Crippen LogP contribution is 2.41. The van der Waals surface area contributed by atoms with E-state index < -0.39 is 5.41 Å². The van der Waals surface area contributed by atoms with E-state index in [2.05, 4.69) is 9.97 Å². The summed E-state index contributed by atoms with van der Waals surface area (Å²) in [6.45, 7) is 1.43. The maximum Gasteiger partial charge on any atom is 0.236 e. The second-order valence-electron chi connectivity index (χ2n) is 5.72. The van der Waals surface area contributed by atoms with Crippen LogP contribution in [0.3, 0.4) is 0 Å². The minimum atomic E-state index is -0.608. The molecule has 1 amide bonds. The number of methoxy groups -OCH3 is 2. The summed E-state index contributed by atoms with van der Waals surface area (Å²) in [5.74, 6) is 1.71. The Morgan fingerprint density at radius 1 is 1.32 bits per heavy atom. The van der Waals surface area contributed by atoms with E-state index in [1.54, 1.807) is 26.7 Å². The molecule has 0 saturated carbocycles. The molecule has 22 heavy (non-hydrogen) atoms. The van der Waals surface area contributed by atoms with Gasteiger partial charge in [-0.3, -0.25) is 4.79 Å². The number of hydrogen-bond donors (Lipinski definition) is 1. The first-order chi connectivity index (χ1) is 10.7. The molecule has 1 spiro atoms. The van der Waals surface area contributed by atoms with E-state index in [1.807, 2.05) is 17.1 Å². The molecule has 1 aliphatic heterocycles. The van der Waals surface area contributed by atoms with Crippen molar-refractivity contribution < 1.29 is 14.3 Å². The van der Waals surface area contributed by atoms with Crippen LogP contribution in [0.4, 0.5) is 0 Å². The summed E-state index contributed by atoms with van der Waals surface area (Å²) in [5.41, 5.74) is 0.432. The largest absolute Gasteiger partial charge is 0.501 e. The van der Waals surface area contributed by atoms with Crippen LogP contribution in [-0.4, -0.2) is 48.1 Å². The summed E-state index contributed by atoms with van der Waals surface area (Å²) in [5, 5.41) is 0. The first-order valence-electron chi connectivity index (χ1n) is 7.45. The molecule has 0 unspecified atom stereocenters. The van der Waals surface area contributed by atoms with Gasteiger partial charge >= 0.3 is 0 Å². The summed E-state index contributed by atoms with van der Waals surface area (Å²) in [7, 11) is 3.27. The highest BCUT2D eigenvalue weighted by molar-refractivity contribution is 5.89. The number of H-pyrrole nitrogens is 1. The van der Waals surface area contributed by atoms with Gasteiger partial charge in [-0.1, -0.05) is 0 Å². The number of hydrogen-bond acceptors (Lipinski definition) is 4. The standard InChI is InChI=1S/C16H21N3O3/c1-21-13-7-14(22-2)9-16(8-13)4-6-19(15(16)20)5-3-12-10-17-11-18-12/h8-11H,3-7H2,1-2H3,(H,17,18). The molecule has 1 fully saturated rings. The SMILES string of the molecule is COC1=CC2(C=C(OC)C1)CCN(CCc1cnc[nH]1)C2=O. The molecule has 6 heteroatoms. The third-order valence-electron chi connectivity index (χ3n) is 4.40. The third-order valence-corrected chi connectivity index (χ3v) is 4.40. The lowest BCUT2D eigenvalue weighted by Crippen LogP contribution is -2.35. The van der Waals surface area contributed by atoms with Gasteiger partial charge in [0.15, 0.2) is 0 Å². The normalized spacial score (nSPS) is 20.1. The van der Waals surface area contributed by atoms with Crippen LogP contribution in [0.25, 0.3) is 0 Å². The Morgan fingerprint density at radius 3 is 2.64 bits per heavy atom. The van der Waals surface area contributed by atoms with Gasteiger partial charge in [-0.25, -0.2) is 4.98 Å². The fourth-order valence-corrected chi connectivity index (χ4v) is 3.13. The number of imidazole rings is 1. The minimum absolute atomic E-state index is 0.121. The van der Waals surface area contributed by atoms with Crippen molar-refractivity contribution in [1.82, 2.24) is 14.9 Å². The van der Waals surface area contributed by atoms with E-state index in [-0.39, 0.29) is 5.91 Å². The zero-order chi connectivity index (χ0) is 15.6. The molecule has 1 aromatic rings. The molecule has 3 rings (SSSR count). The van der Waals surface area contributed by atoms with E-state index in [9.17, 15) is 4.79 Å². The Kier molecular flexibility index (Phi) is 3.92. The van der Waals surface area contributed by atoms with Crippen molar-refractivity contribution in [3.63, 3.8) is 0 Å². The zero-order valence-corrected chi connectivity index (χ0v) is 13.0. The van der Waals surface area contributed by atoms with E-state index in [4.69, 9.17) is 9.47 Å². The number of nitrogens with one attached hydrogen (secondary N) is 1. The van der Waals surface area contributed by atoms with Gasteiger partial charge in [0.1, 0.15) is 11.5 Å². The summed E-state index contributed by atoms with van der Waals surface area (Å²) in [6, 6.07) is 0. The molecule has 2 aliphatic rings. The Labute approximate surface area is 129 Å². The topological polar surface area (TPSA) is 67.5 Å². The first kappa shape index (κ1) is 14.7. The highest BCUT2D eigenvalue weighted by Gasteiger charge is 2.45. The number of ether oxygens (including phenoxy) is 2. The summed E-state index contributed by atoms with van der Waals surface area (Å²) in [6.07, 6.45) is 9.50. The lowest BCUT2D eigenvalue weighted by atomic mass is 9.81. The van der Waals surface area contributed by atoms with Crippen molar-refractivity contribution in [2.45, 2.75) is 19.3 Å². The number of likely N-dealkylation sites (tertiary alicyclic amines) is 1. The van der Waals surface area contributed by atoms with E-state index in [0.29, 0.717) is 13.0 Å². The number of amides is 1. The zero-order valence-electron chi connectivity index (χ0n) is 13.0. The highest BCUT2D eigenvalue weighted by atomic mass is 16.5. The van der Waals surface area contributed by atoms with Crippen LogP contribution in [0, 0.1) is 5.41 Å². The van der Waals surface area contributed by atoms with Crippen LogP contribution in [0.1, 0.15) is 18.5 Å². The predicted octanol–water partition coefficient (Wildman–Crippen LogP) is 1.64. The second-order valence-corrected chi connectivity index (χ2v) is 5.72. The van der Waals surface area contributed by atoms with E-state index in [1.165, 1.54) is 0 Å². The quantitative estimate of drug-likeness (QED) is 0.898. The number of carbonyl (C=O) groups excluding carboxylic acids is 1. The molecule has 1 saturated heterocycles.